The molecule has 2 unspecified atom stereocenters. The fourth-order valence-corrected chi connectivity index (χ4v) is 8.36. The van der Waals surface area contributed by atoms with Crippen LogP contribution in [0.3, 0.4) is 0 Å². The Morgan fingerprint density at radius 1 is 0.545 bits per heavy atom. The van der Waals surface area contributed by atoms with Gasteiger partial charge in [-0.15, -0.1) is 0 Å². The van der Waals surface area contributed by atoms with Crippen LogP contribution in [-0.2, 0) is 9.59 Å². The van der Waals surface area contributed by atoms with Crippen molar-refractivity contribution in [1.82, 2.24) is 30.4 Å². The minimum atomic E-state index is -0.351. The Kier molecular flexibility index (Phi) is 17.9. The first kappa shape index (κ1) is 48.0. The van der Waals surface area contributed by atoms with Crippen LogP contribution in [0, 0.1) is 23.5 Å². The zero-order valence-electron chi connectivity index (χ0n) is 36.6. The van der Waals surface area contributed by atoms with Gasteiger partial charge in [0.25, 0.3) is 0 Å². The van der Waals surface area contributed by atoms with E-state index >= 15 is 0 Å². The predicted octanol–water partition coefficient (Wildman–Crippen LogP) is 9.74. The number of halogens is 4. The van der Waals surface area contributed by atoms with Crippen LogP contribution < -0.4 is 20.1 Å². The Morgan fingerprint density at radius 2 is 0.909 bits per heavy atom. The summed E-state index contributed by atoms with van der Waals surface area (Å²) < 4.78 is 38.5. The maximum Gasteiger partial charge on any atom is 0.224 e. The second kappa shape index (κ2) is 24.6. The van der Waals surface area contributed by atoms with Crippen LogP contribution >= 0.6 is 23.2 Å². The molecular formula is C52H54Cl2F2N6O4. The number of amides is 2. The first-order chi connectivity index (χ1) is 32.2. The molecule has 344 valence electrons. The molecule has 4 heterocycles. The van der Waals surface area contributed by atoms with E-state index in [2.05, 4.69) is 30.4 Å². The van der Waals surface area contributed by atoms with Gasteiger partial charge in [-0.05, 0) is 136 Å². The van der Waals surface area contributed by atoms with Gasteiger partial charge in [-0.1, -0.05) is 83.9 Å². The van der Waals surface area contributed by atoms with Crippen molar-refractivity contribution < 1.29 is 27.8 Å². The van der Waals surface area contributed by atoms with Gasteiger partial charge in [0, 0.05) is 47.4 Å². The van der Waals surface area contributed by atoms with Gasteiger partial charge in [-0.3, -0.25) is 29.4 Å². The third-order valence-electron chi connectivity index (χ3n) is 11.9. The number of pyridine rings is 2. The lowest BCUT2D eigenvalue weighted by molar-refractivity contribution is -0.127. The van der Waals surface area contributed by atoms with E-state index < -0.39 is 0 Å². The second-order valence-electron chi connectivity index (χ2n) is 16.3. The van der Waals surface area contributed by atoms with Gasteiger partial charge in [0.15, 0.2) is 23.1 Å². The molecule has 0 radical (unpaired) electrons. The number of ether oxygens (including phenoxy) is 2. The molecule has 14 heteroatoms. The van der Waals surface area contributed by atoms with E-state index in [1.165, 1.54) is 12.1 Å². The molecule has 8 rings (SSSR count). The Morgan fingerprint density at radius 3 is 1.26 bits per heavy atom. The zero-order chi connectivity index (χ0) is 46.1. The number of hydrogen-bond donors (Lipinski definition) is 2. The van der Waals surface area contributed by atoms with Gasteiger partial charge in [0.05, 0.1) is 23.5 Å². The number of rotatable bonds is 16. The van der Waals surface area contributed by atoms with Crippen molar-refractivity contribution in [2.45, 2.75) is 37.8 Å². The number of nitrogens with one attached hydrogen (secondary N) is 2. The van der Waals surface area contributed by atoms with E-state index in [0.717, 1.165) is 74.4 Å². The van der Waals surface area contributed by atoms with Gasteiger partial charge in [-0.25, -0.2) is 8.78 Å². The van der Waals surface area contributed by atoms with Gasteiger partial charge in [-0.2, -0.15) is 0 Å². The van der Waals surface area contributed by atoms with Crippen LogP contribution in [0.25, 0.3) is 0 Å². The molecule has 2 aliphatic heterocycles. The highest BCUT2D eigenvalue weighted by Gasteiger charge is 2.29. The maximum absolute atomic E-state index is 13.7. The quantitative estimate of drug-likeness (QED) is 0.0989. The van der Waals surface area contributed by atoms with E-state index in [-0.39, 0.29) is 58.9 Å². The number of piperidine rings is 2. The molecule has 2 fully saturated rings. The van der Waals surface area contributed by atoms with Crippen LogP contribution in [-0.4, -0.2) is 84.1 Å². The predicted molar refractivity (Wildman–Crippen MR) is 253 cm³/mol. The number of carbonyl (C=O) groups is 2. The molecule has 0 spiro atoms. The Labute approximate surface area is 395 Å². The van der Waals surface area contributed by atoms with E-state index in [9.17, 15) is 18.4 Å². The molecule has 2 atom stereocenters. The highest BCUT2D eigenvalue weighted by Crippen LogP contribution is 2.27. The average molecular weight is 936 g/mol. The minimum absolute atomic E-state index is 0.0304. The first-order valence-corrected chi connectivity index (χ1v) is 23.1. The summed E-state index contributed by atoms with van der Waals surface area (Å²) in [6.45, 7) is 5.42. The van der Waals surface area contributed by atoms with Crippen molar-refractivity contribution >= 4 is 35.0 Å². The molecule has 0 bridgehead atoms. The lowest BCUT2D eigenvalue weighted by Crippen LogP contribution is -2.43. The molecule has 0 aliphatic carbocycles. The van der Waals surface area contributed by atoms with E-state index in [4.69, 9.17) is 32.7 Å². The van der Waals surface area contributed by atoms with Crippen molar-refractivity contribution in [1.29, 1.82) is 0 Å². The van der Waals surface area contributed by atoms with Crippen molar-refractivity contribution in [3.8, 4) is 11.5 Å². The number of hydrogen-bond acceptors (Lipinski definition) is 8. The van der Waals surface area contributed by atoms with Gasteiger partial charge in [0.2, 0.25) is 11.8 Å². The molecule has 66 heavy (non-hydrogen) atoms. The summed E-state index contributed by atoms with van der Waals surface area (Å²) in [6, 6.07) is 38.5. The number of aromatic nitrogens is 2. The number of para-hydroxylation sites is 2. The van der Waals surface area contributed by atoms with Crippen LogP contribution in [0.1, 0.15) is 60.3 Å². The highest BCUT2D eigenvalue weighted by atomic mass is 35.5. The number of nitrogens with zero attached hydrogens (tertiary/aromatic N) is 4. The van der Waals surface area contributed by atoms with Crippen LogP contribution in [0.15, 0.2) is 146 Å². The summed E-state index contributed by atoms with van der Waals surface area (Å²) in [5.41, 5.74) is 3.45. The fourth-order valence-electron chi connectivity index (χ4n) is 8.11. The number of likely N-dealkylation sites (tertiary alicyclic amines) is 2. The van der Waals surface area contributed by atoms with Crippen LogP contribution in [0.4, 0.5) is 8.78 Å². The SMILES string of the molecule is O=C(NC(c1ccc(Cl)cc1)c1ccccn1)C1CCN(CCOc2ccccc2F)CC1.O=C(NC(c1ccc(Cl)cc1)c1ccccn1)C1CCN(CCOc2ccccc2F)CC1. The van der Waals surface area contributed by atoms with Crippen LogP contribution in [0.5, 0.6) is 11.5 Å². The average Bonchev–Trinajstić information content (AvgIpc) is 3.35. The summed E-state index contributed by atoms with van der Waals surface area (Å²) in [4.78, 5) is 39.6. The Balaban J connectivity index is 0.000000196. The number of benzene rings is 4. The Hall–Kier alpha value is -5.92. The van der Waals surface area contributed by atoms with E-state index in [1.807, 2.05) is 84.9 Å². The molecule has 2 aromatic heterocycles. The first-order valence-electron chi connectivity index (χ1n) is 22.3. The number of carbonyl (C=O) groups excluding carboxylic acids is 2. The van der Waals surface area contributed by atoms with E-state index in [1.54, 1.807) is 48.8 Å². The molecule has 2 N–H and O–H groups in total. The third kappa shape index (κ3) is 14.0. The topological polar surface area (TPSA) is 109 Å². The van der Waals surface area contributed by atoms with E-state index in [0.29, 0.717) is 36.3 Å². The zero-order valence-corrected chi connectivity index (χ0v) is 38.1. The smallest absolute Gasteiger partial charge is 0.224 e. The monoisotopic (exact) mass is 934 g/mol. The summed E-state index contributed by atoms with van der Waals surface area (Å²) in [7, 11) is 0. The molecular weight excluding hydrogens is 882 g/mol. The standard InChI is InChI=1S/2C26H27ClFN3O2/c2*27-21-10-8-19(9-11-21)25(23-6-3-4-14-29-23)30-26(32)20-12-15-31(16-13-20)17-18-33-24-7-2-1-5-22(24)28/h2*1-11,14,20,25H,12-13,15-18H2,(H,30,32). The van der Waals surface area contributed by atoms with Crippen molar-refractivity contribution in [2.24, 2.45) is 11.8 Å². The summed E-state index contributed by atoms with van der Waals surface area (Å²) in [6.07, 6.45) is 6.52. The lowest BCUT2D eigenvalue weighted by Gasteiger charge is -2.32. The summed E-state index contributed by atoms with van der Waals surface area (Å²) in [5, 5.41) is 7.69. The van der Waals surface area contributed by atoms with Crippen molar-refractivity contribution in [2.75, 3.05) is 52.5 Å². The van der Waals surface area contributed by atoms with Crippen molar-refractivity contribution in [3.05, 3.63) is 190 Å². The normalized spacial score (nSPS) is 15.7. The lowest BCUT2D eigenvalue weighted by atomic mass is 9.94. The second-order valence-corrected chi connectivity index (χ2v) is 17.2. The molecule has 6 aromatic rings. The molecule has 4 aromatic carbocycles. The molecule has 10 nitrogen and oxygen atoms in total. The maximum atomic E-state index is 13.7. The molecule has 2 amide bonds. The molecule has 2 saturated heterocycles. The van der Waals surface area contributed by atoms with Crippen molar-refractivity contribution in [3.63, 3.8) is 0 Å². The third-order valence-corrected chi connectivity index (χ3v) is 12.4. The largest absolute Gasteiger partial charge is 0.489 e. The fraction of sp³-hybridized carbons (Fsp3) is 0.308. The summed E-state index contributed by atoms with van der Waals surface area (Å²) >= 11 is 12.1. The highest BCUT2D eigenvalue weighted by molar-refractivity contribution is 6.30. The van der Waals surface area contributed by atoms with Gasteiger partial charge in [0.1, 0.15) is 13.2 Å². The minimum Gasteiger partial charge on any atom is -0.489 e. The molecule has 0 saturated carbocycles. The molecule has 2 aliphatic rings. The van der Waals surface area contributed by atoms with Gasteiger partial charge >= 0.3 is 0 Å². The van der Waals surface area contributed by atoms with Crippen LogP contribution in [0.2, 0.25) is 10.0 Å². The summed E-state index contributed by atoms with van der Waals surface area (Å²) in [5.74, 6) is -0.221. The van der Waals surface area contributed by atoms with Gasteiger partial charge < -0.3 is 20.1 Å². The Bertz CT molecular complexity index is 2250.